The summed E-state index contributed by atoms with van der Waals surface area (Å²) in [5.74, 6) is 2.33. The first-order valence-corrected chi connectivity index (χ1v) is 10.7. The summed E-state index contributed by atoms with van der Waals surface area (Å²) in [4.78, 5) is 12.3. The van der Waals surface area contributed by atoms with Crippen molar-refractivity contribution >= 4 is 23.4 Å². The van der Waals surface area contributed by atoms with Crippen LogP contribution < -0.4 is 14.8 Å². The molecule has 1 N–H and O–H groups in total. The second kappa shape index (κ2) is 10.2. The van der Waals surface area contributed by atoms with Gasteiger partial charge in [-0.15, -0.1) is 10.2 Å². The third-order valence-corrected chi connectivity index (χ3v) is 5.61. The van der Waals surface area contributed by atoms with Crippen LogP contribution in [0.2, 0.25) is 0 Å². The number of thioether (sulfide) groups is 1. The van der Waals surface area contributed by atoms with Crippen LogP contribution in [0, 0.1) is 13.8 Å². The third-order valence-electron chi connectivity index (χ3n) is 4.64. The average Bonchev–Trinajstić information content (AvgIpc) is 3.15. The molecule has 8 heteroatoms. The summed E-state index contributed by atoms with van der Waals surface area (Å²) in [5, 5.41) is 12.0. The smallest absolute Gasteiger partial charge is 0.234 e. The summed E-state index contributed by atoms with van der Waals surface area (Å²) in [7, 11) is 1.59. The second-order valence-corrected chi connectivity index (χ2v) is 7.69. The first kappa shape index (κ1) is 21.7. The molecule has 1 aromatic heterocycles. The van der Waals surface area contributed by atoms with Crippen molar-refractivity contribution in [2.24, 2.45) is 0 Å². The van der Waals surface area contributed by atoms with E-state index in [0.29, 0.717) is 29.7 Å². The minimum atomic E-state index is -0.119. The lowest BCUT2D eigenvalue weighted by atomic mass is 10.1. The molecular weight excluding hydrogens is 400 g/mol. The van der Waals surface area contributed by atoms with Crippen LogP contribution in [0.4, 0.5) is 5.69 Å². The quantitative estimate of drug-likeness (QED) is 0.516. The number of hydrogen-bond acceptors (Lipinski definition) is 6. The molecule has 3 rings (SSSR count). The highest BCUT2D eigenvalue weighted by Gasteiger charge is 2.14. The number of aromatic nitrogens is 3. The summed E-state index contributed by atoms with van der Waals surface area (Å²) < 4.78 is 13.0. The fraction of sp³-hybridized carbons (Fsp3) is 0.318. The molecule has 7 nitrogen and oxygen atoms in total. The molecule has 2 aromatic carbocycles. The summed E-state index contributed by atoms with van der Waals surface area (Å²) in [6, 6.07) is 13.3. The molecule has 0 saturated carbocycles. The Kier molecular flexibility index (Phi) is 7.35. The lowest BCUT2D eigenvalue weighted by Crippen LogP contribution is -2.15. The number of nitrogens with zero attached hydrogens (tertiary/aromatic N) is 3. The van der Waals surface area contributed by atoms with Gasteiger partial charge in [-0.05, 0) is 56.2 Å². The van der Waals surface area contributed by atoms with E-state index in [0.717, 1.165) is 11.6 Å². The monoisotopic (exact) mass is 426 g/mol. The van der Waals surface area contributed by atoms with Crippen LogP contribution in [0.1, 0.15) is 23.9 Å². The largest absolute Gasteiger partial charge is 0.497 e. The number of ether oxygens (including phenoxy) is 2. The second-order valence-electron chi connectivity index (χ2n) is 6.75. The number of carbonyl (C=O) groups is 1. The van der Waals surface area contributed by atoms with E-state index in [1.165, 1.54) is 22.9 Å². The lowest BCUT2D eigenvalue weighted by molar-refractivity contribution is -0.113. The van der Waals surface area contributed by atoms with E-state index in [2.05, 4.69) is 29.4 Å². The van der Waals surface area contributed by atoms with Crippen molar-refractivity contribution in [3.8, 4) is 11.5 Å². The van der Waals surface area contributed by atoms with Crippen molar-refractivity contribution in [3.05, 3.63) is 59.4 Å². The normalized spacial score (nSPS) is 10.7. The van der Waals surface area contributed by atoms with Gasteiger partial charge in [0.25, 0.3) is 0 Å². The van der Waals surface area contributed by atoms with Gasteiger partial charge in [0.1, 0.15) is 18.1 Å². The SMILES string of the molecule is CCn1c(COc2ccc(C)c(C)c2)nnc1SCC(=O)Nc1cccc(OC)c1. The van der Waals surface area contributed by atoms with Gasteiger partial charge < -0.3 is 19.4 Å². The van der Waals surface area contributed by atoms with Crippen molar-refractivity contribution in [2.45, 2.75) is 39.1 Å². The van der Waals surface area contributed by atoms with Gasteiger partial charge in [0.15, 0.2) is 11.0 Å². The molecule has 0 atom stereocenters. The Labute approximate surface area is 180 Å². The Balaban J connectivity index is 1.58. The van der Waals surface area contributed by atoms with Crippen molar-refractivity contribution in [1.29, 1.82) is 0 Å². The van der Waals surface area contributed by atoms with Crippen molar-refractivity contribution in [2.75, 3.05) is 18.2 Å². The minimum Gasteiger partial charge on any atom is -0.497 e. The Morgan fingerprint density at radius 1 is 1.10 bits per heavy atom. The average molecular weight is 427 g/mol. The fourth-order valence-electron chi connectivity index (χ4n) is 2.83. The summed E-state index contributed by atoms with van der Waals surface area (Å²) >= 11 is 1.35. The van der Waals surface area contributed by atoms with Crippen LogP contribution in [0.15, 0.2) is 47.6 Å². The third kappa shape index (κ3) is 5.54. The maximum Gasteiger partial charge on any atom is 0.234 e. The first-order chi connectivity index (χ1) is 14.5. The molecule has 0 aliphatic carbocycles. The summed E-state index contributed by atoms with van der Waals surface area (Å²) in [6.07, 6.45) is 0. The number of benzene rings is 2. The molecule has 0 bridgehead atoms. The molecule has 1 heterocycles. The zero-order valence-corrected chi connectivity index (χ0v) is 18.5. The van der Waals surface area contributed by atoms with E-state index in [1.807, 2.05) is 47.9 Å². The molecule has 30 heavy (non-hydrogen) atoms. The lowest BCUT2D eigenvalue weighted by Gasteiger charge is -2.10. The number of aryl methyl sites for hydroxylation is 2. The van der Waals surface area contributed by atoms with Gasteiger partial charge in [-0.25, -0.2) is 0 Å². The first-order valence-electron chi connectivity index (χ1n) is 9.69. The number of anilines is 1. The van der Waals surface area contributed by atoms with Crippen molar-refractivity contribution < 1.29 is 14.3 Å². The predicted octanol–water partition coefficient (Wildman–Crippen LogP) is 4.23. The maximum atomic E-state index is 12.3. The molecule has 0 spiro atoms. The van der Waals surface area contributed by atoms with E-state index in [9.17, 15) is 4.79 Å². The Morgan fingerprint density at radius 2 is 1.93 bits per heavy atom. The minimum absolute atomic E-state index is 0.119. The highest BCUT2D eigenvalue weighted by atomic mass is 32.2. The molecule has 0 radical (unpaired) electrons. The molecule has 0 fully saturated rings. The zero-order chi connectivity index (χ0) is 21.5. The molecule has 1 amide bonds. The van der Waals surface area contributed by atoms with Crippen LogP contribution in [-0.2, 0) is 17.9 Å². The number of nitrogens with one attached hydrogen (secondary N) is 1. The van der Waals surface area contributed by atoms with Crippen molar-refractivity contribution in [1.82, 2.24) is 14.8 Å². The highest BCUT2D eigenvalue weighted by molar-refractivity contribution is 7.99. The molecule has 0 unspecified atom stereocenters. The van der Waals surface area contributed by atoms with Crippen LogP contribution >= 0.6 is 11.8 Å². The van der Waals surface area contributed by atoms with Crippen LogP contribution in [-0.4, -0.2) is 33.5 Å². The number of hydrogen-bond donors (Lipinski definition) is 1. The molecule has 158 valence electrons. The molecule has 0 saturated heterocycles. The fourth-order valence-corrected chi connectivity index (χ4v) is 3.65. The topological polar surface area (TPSA) is 78.3 Å². The molecule has 0 aliphatic rings. The Bertz CT molecular complexity index is 1020. The van der Waals surface area contributed by atoms with Gasteiger partial charge in [0.05, 0.1) is 12.9 Å². The van der Waals surface area contributed by atoms with E-state index >= 15 is 0 Å². The van der Waals surface area contributed by atoms with E-state index in [1.54, 1.807) is 13.2 Å². The van der Waals surface area contributed by atoms with Gasteiger partial charge in [-0.1, -0.05) is 23.9 Å². The van der Waals surface area contributed by atoms with E-state index in [4.69, 9.17) is 9.47 Å². The van der Waals surface area contributed by atoms with E-state index in [-0.39, 0.29) is 11.7 Å². The maximum absolute atomic E-state index is 12.3. The number of amides is 1. The van der Waals surface area contributed by atoms with Crippen LogP contribution in [0.5, 0.6) is 11.5 Å². The van der Waals surface area contributed by atoms with Gasteiger partial charge in [-0.3, -0.25) is 4.79 Å². The Hall–Kier alpha value is -3.00. The van der Waals surface area contributed by atoms with Crippen LogP contribution in [0.3, 0.4) is 0 Å². The standard InChI is InChI=1S/C22H26N4O3S/c1-5-26-20(13-29-19-10-9-15(2)16(3)11-19)24-25-22(26)30-14-21(27)23-17-7-6-8-18(12-17)28-4/h6-12H,5,13-14H2,1-4H3,(H,23,27). The zero-order valence-electron chi connectivity index (χ0n) is 17.6. The van der Waals surface area contributed by atoms with Crippen LogP contribution in [0.25, 0.3) is 0 Å². The molecule has 0 aliphatic heterocycles. The summed E-state index contributed by atoms with van der Waals surface area (Å²) in [6.45, 7) is 7.16. The van der Waals surface area contributed by atoms with Gasteiger partial charge >= 0.3 is 0 Å². The number of rotatable bonds is 9. The highest BCUT2D eigenvalue weighted by Crippen LogP contribution is 2.21. The predicted molar refractivity (Wildman–Crippen MR) is 118 cm³/mol. The van der Waals surface area contributed by atoms with Gasteiger partial charge in [0.2, 0.25) is 5.91 Å². The molecular formula is C22H26N4O3S. The Morgan fingerprint density at radius 3 is 2.67 bits per heavy atom. The van der Waals surface area contributed by atoms with Gasteiger partial charge in [-0.2, -0.15) is 0 Å². The number of methoxy groups -OCH3 is 1. The number of carbonyl (C=O) groups excluding carboxylic acids is 1. The van der Waals surface area contributed by atoms with E-state index < -0.39 is 0 Å². The molecule has 3 aromatic rings. The van der Waals surface area contributed by atoms with Crippen molar-refractivity contribution in [3.63, 3.8) is 0 Å². The summed E-state index contributed by atoms with van der Waals surface area (Å²) in [5.41, 5.74) is 3.10. The van der Waals surface area contributed by atoms with Gasteiger partial charge in [0, 0.05) is 18.3 Å².